The summed E-state index contributed by atoms with van der Waals surface area (Å²) in [4.78, 5) is 89.7. The van der Waals surface area contributed by atoms with Crippen LogP contribution in [0, 0.1) is 0 Å². The van der Waals surface area contributed by atoms with Crippen LogP contribution in [0.1, 0.15) is 48.0 Å². The van der Waals surface area contributed by atoms with Gasteiger partial charge in [0.1, 0.15) is 24.7 Å². The van der Waals surface area contributed by atoms with E-state index >= 15 is 0 Å². The minimum atomic E-state index is -1.66. The molecule has 2 aromatic carbocycles. The third-order valence-electron chi connectivity index (χ3n) is 7.27. The Balaban J connectivity index is 1.44. The number of carboxylic acid groups (broad SMARTS) is 1. The number of benzene rings is 2. The van der Waals surface area contributed by atoms with Crippen LogP contribution in [0.25, 0.3) is 0 Å². The lowest BCUT2D eigenvalue weighted by Crippen LogP contribution is -2.64. The molecule has 2 heterocycles. The largest absolute Gasteiger partial charge is 0.481 e. The van der Waals surface area contributed by atoms with Crippen LogP contribution in [0.15, 0.2) is 48.5 Å². The summed E-state index contributed by atoms with van der Waals surface area (Å²) in [6.45, 7) is -0.863. The number of amides is 4. The summed E-state index contributed by atoms with van der Waals surface area (Å²) in [5.41, 5.74) is 0.517. The smallest absolute Gasteiger partial charge is 0.408 e. The molecule has 14 nitrogen and oxygen atoms in total. The van der Waals surface area contributed by atoms with Crippen LogP contribution in [0.2, 0.25) is 10.0 Å². The quantitative estimate of drug-likeness (QED) is 0.298. The van der Waals surface area contributed by atoms with Gasteiger partial charge in [-0.15, -0.1) is 0 Å². The minimum Gasteiger partial charge on any atom is -0.481 e. The van der Waals surface area contributed by atoms with Crippen molar-refractivity contribution in [3.05, 3.63) is 69.7 Å². The number of ether oxygens (including phenoxy) is 2. The van der Waals surface area contributed by atoms with Gasteiger partial charge in [0, 0.05) is 13.0 Å². The van der Waals surface area contributed by atoms with Gasteiger partial charge in [-0.3, -0.25) is 29.0 Å². The number of carbonyl (C=O) groups excluding carboxylic acids is 6. The number of Topliss-reactive ketones (excluding diaryl/α,β-unsaturated/α-hetero) is 1. The molecule has 2 aromatic rings. The van der Waals surface area contributed by atoms with Gasteiger partial charge in [-0.25, -0.2) is 14.6 Å². The first kappa shape index (κ1) is 34.2. The number of rotatable bonds is 11. The first-order chi connectivity index (χ1) is 22.0. The van der Waals surface area contributed by atoms with Gasteiger partial charge in [0.15, 0.2) is 12.4 Å². The second kappa shape index (κ2) is 15.5. The monoisotopic (exact) mass is 676 g/mol. The van der Waals surface area contributed by atoms with E-state index in [9.17, 15) is 38.7 Å². The molecule has 3 atom stereocenters. The molecular weight excluding hydrogens is 647 g/mol. The van der Waals surface area contributed by atoms with Crippen molar-refractivity contribution in [3.8, 4) is 0 Å². The van der Waals surface area contributed by atoms with E-state index in [4.69, 9.17) is 32.7 Å². The topological polar surface area (TPSA) is 189 Å². The van der Waals surface area contributed by atoms with Crippen LogP contribution in [-0.2, 0) is 40.1 Å². The molecule has 4 amide bonds. The summed E-state index contributed by atoms with van der Waals surface area (Å²) in [7, 11) is 0. The molecule has 4 rings (SSSR count). The van der Waals surface area contributed by atoms with Crippen molar-refractivity contribution in [1.82, 2.24) is 20.7 Å². The van der Waals surface area contributed by atoms with Crippen molar-refractivity contribution in [1.29, 1.82) is 0 Å². The molecule has 2 aliphatic heterocycles. The summed E-state index contributed by atoms with van der Waals surface area (Å²) in [6, 6.07) is 8.91. The van der Waals surface area contributed by atoms with E-state index in [1.54, 1.807) is 30.3 Å². The number of nitrogens with zero attached hydrogens (tertiary/aromatic N) is 2. The normalized spacial score (nSPS) is 18.5. The van der Waals surface area contributed by atoms with E-state index in [0.717, 1.165) is 10.0 Å². The Bertz CT molecular complexity index is 1500. The molecule has 0 aliphatic carbocycles. The summed E-state index contributed by atoms with van der Waals surface area (Å²) >= 11 is 12.0. The highest BCUT2D eigenvalue weighted by Gasteiger charge is 2.45. The Kier molecular flexibility index (Phi) is 11.6. The molecule has 0 radical (unpaired) electrons. The first-order valence-corrected chi connectivity index (χ1v) is 15.0. The zero-order chi connectivity index (χ0) is 33.4. The fourth-order valence-corrected chi connectivity index (χ4v) is 5.56. The summed E-state index contributed by atoms with van der Waals surface area (Å²) < 4.78 is 10.2. The number of carboxylic acids is 1. The van der Waals surface area contributed by atoms with Crippen LogP contribution >= 0.6 is 23.2 Å². The number of hydrogen-bond acceptors (Lipinski definition) is 9. The standard InChI is InChI=1S/C30H30Cl2N4O10/c31-18-8-4-9-19(32)26(18)29(43)45-16-23(37)21(14-25(39)40)33-27(41)22-10-5-13-35-24(38)12-11-20(28(42)36(22)35)34-30(44)46-15-17-6-2-1-3-7-17/h1-4,6-9,20-22H,5,10-16H2,(H,33,41)(H,34,44)(H,39,40)/t20-,21-,22-/m0/s1. The third kappa shape index (κ3) is 8.52. The van der Waals surface area contributed by atoms with E-state index < -0.39 is 72.7 Å². The summed E-state index contributed by atoms with van der Waals surface area (Å²) in [6.07, 6.45) is -1.54. The molecule has 3 N–H and O–H groups in total. The molecule has 0 bridgehead atoms. The Labute approximate surface area is 272 Å². The average molecular weight is 677 g/mol. The number of fused-ring (bicyclic) bond motifs is 1. The third-order valence-corrected chi connectivity index (χ3v) is 7.90. The fourth-order valence-electron chi connectivity index (χ4n) is 5.00. The molecular formula is C30H30Cl2N4O10. The molecule has 2 aliphatic rings. The van der Waals surface area contributed by atoms with Gasteiger partial charge in [0.05, 0.1) is 22.0 Å². The molecule has 2 saturated heterocycles. The highest BCUT2D eigenvalue weighted by molar-refractivity contribution is 6.39. The van der Waals surface area contributed by atoms with E-state index in [1.807, 2.05) is 0 Å². The number of aliphatic carboxylic acids is 1. The lowest BCUT2D eigenvalue weighted by atomic mass is 10.0. The predicted octanol–water partition coefficient (Wildman–Crippen LogP) is 2.50. The maximum absolute atomic E-state index is 13.7. The highest BCUT2D eigenvalue weighted by Crippen LogP contribution is 2.26. The van der Waals surface area contributed by atoms with E-state index in [2.05, 4.69) is 10.6 Å². The zero-order valence-corrected chi connectivity index (χ0v) is 25.8. The Morgan fingerprint density at radius 2 is 1.65 bits per heavy atom. The Morgan fingerprint density at radius 3 is 2.33 bits per heavy atom. The number of carbonyl (C=O) groups is 7. The SMILES string of the molecule is O=C(O)C[C@H](NC(=O)[C@@H]1CCCN2C(=O)CC[C@H](NC(=O)OCc3ccccc3)C(=O)N12)C(=O)COC(=O)c1c(Cl)cccc1Cl. The second-order valence-electron chi connectivity index (χ2n) is 10.5. The maximum atomic E-state index is 13.7. The molecule has 0 saturated carbocycles. The van der Waals surface area contributed by atoms with Crippen molar-refractivity contribution < 1.29 is 48.1 Å². The average Bonchev–Trinajstić information content (AvgIpc) is 3.14. The van der Waals surface area contributed by atoms with Gasteiger partial charge < -0.3 is 25.2 Å². The number of ketones is 1. The summed E-state index contributed by atoms with van der Waals surface area (Å²) in [5, 5.41) is 16.2. The molecule has 46 heavy (non-hydrogen) atoms. The van der Waals surface area contributed by atoms with Crippen molar-refractivity contribution in [3.63, 3.8) is 0 Å². The van der Waals surface area contributed by atoms with Gasteiger partial charge in [-0.2, -0.15) is 0 Å². The number of esters is 1. The van der Waals surface area contributed by atoms with Crippen LogP contribution in [0.4, 0.5) is 4.79 Å². The first-order valence-electron chi connectivity index (χ1n) is 14.2. The maximum Gasteiger partial charge on any atom is 0.408 e. The lowest BCUT2D eigenvalue weighted by Gasteiger charge is -2.43. The molecule has 16 heteroatoms. The Hall–Kier alpha value is -4.69. The number of halogens is 2. The fraction of sp³-hybridized carbons (Fsp3) is 0.367. The zero-order valence-electron chi connectivity index (χ0n) is 24.3. The van der Waals surface area contributed by atoms with Crippen molar-refractivity contribution >= 4 is 64.7 Å². The second-order valence-corrected chi connectivity index (χ2v) is 11.3. The van der Waals surface area contributed by atoms with Crippen molar-refractivity contribution in [2.75, 3.05) is 13.2 Å². The summed E-state index contributed by atoms with van der Waals surface area (Å²) in [5.74, 6) is -5.58. The molecule has 244 valence electrons. The molecule has 0 spiro atoms. The van der Waals surface area contributed by atoms with Gasteiger partial charge in [0.2, 0.25) is 11.8 Å². The van der Waals surface area contributed by atoms with Crippen LogP contribution in [0.5, 0.6) is 0 Å². The van der Waals surface area contributed by atoms with E-state index in [1.165, 1.54) is 18.2 Å². The predicted molar refractivity (Wildman–Crippen MR) is 160 cm³/mol. The van der Waals surface area contributed by atoms with Crippen LogP contribution < -0.4 is 10.6 Å². The number of nitrogens with one attached hydrogen (secondary N) is 2. The molecule has 0 unspecified atom stereocenters. The molecule has 0 aromatic heterocycles. The number of hydrazine groups is 1. The minimum absolute atomic E-state index is 0.0314. The van der Waals surface area contributed by atoms with Crippen LogP contribution in [-0.4, -0.2) is 87.9 Å². The van der Waals surface area contributed by atoms with E-state index in [0.29, 0.717) is 12.0 Å². The number of hydrogen-bond donors (Lipinski definition) is 3. The highest BCUT2D eigenvalue weighted by atomic mass is 35.5. The Morgan fingerprint density at radius 1 is 0.957 bits per heavy atom. The van der Waals surface area contributed by atoms with Gasteiger partial charge in [-0.1, -0.05) is 59.6 Å². The van der Waals surface area contributed by atoms with Gasteiger partial charge in [-0.05, 0) is 37.0 Å². The van der Waals surface area contributed by atoms with E-state index in [-0.39, 0.29) is 48.0 Å². The molecule has 2 fully saturated rings. The van der Waals surface area contributed by atoms with Gasteiger partial charge in [0.25, 0.3) is 5.91 Å². The van der Waals surface area contributed by atoms with Crippen molar-refractivity contribution in [2.45, 2.75) is 56.8 Å². The lowest BCUT2D eigenvalue weighted by molar-refractivity contribution is -0.176. The number of alkyl carbamates (subject to hydrolysis) is 1. The van der Waals surface area contributed by atoms with Crippen LogP contribution in [0.3, 0.4) is 0 Å². The van der Waals surface area contributed by atoms with Gasteiger partial charge >= 0.3 is 18.0 Å². The van der Waals surface area contributed by atoms with Crippen molar-refractivity contribution in [2.24, 2.45) is 0 Å².